The molecule has 4 nitrogen and oxygen atoms in total. The molecular weight excluding hydrogens is 445 g/mol. The van der Waals surface area contributed by atoms with Gasteiger partial charge in [-0.25, -0.2) is 0 Å². The minimum Gasteiger partial charge on any atom is -0.486 e. The number of carbonyl (C=O) groups is 2. The molecule has 2 aromatic rings. The van der Waals surface area contributed by atoms with E-state index in [9.17, 15) is 9.59 Å². The van der Waals surface area contributed by atoms with Crippen LogP contribution in [-0.2, 0) is 4.79 Å². The van der Waals surface area contributed by atoms with Gasteiger partial charge in [0.1, 0.15) is 11.4 Å². The molecule has 0 N–H and O–H groups in total. The van der Waals surface area contributed by atoms with Crippen molar-refractivity contribution in [3.8, 4) is 5.75 Å². The van der Waals surface area contributed by atoms with Gasteiger partial charge in [-0.05, 0) is 48.4 Å². The zero-order valence-corrected chi connectivity index (χ0v) is 18.7. The fourth-order valence-corrected chi connectivity index (χ4v) is 4.39. The van der Waals surface area contributed by atoms with Crippen LogP contribution in [0.15, 0.2) is 36.4 Å². The summed E-state index contributed by atoms with van der Waals surface area (Å²) in [6.07, 6.45) is 4.77. The average molecular weight is 465 g/mol. The van der Waals surface area contributed by atoms with E-state index in [0.29, 0.717) is 58.7 Å². The maximum absolute atomic E-state index is 12.7. The van der Waals surface area contributed by atoms with Crippen molar-refractivity contribution in [2.24, 2.45) is 0 Å². The number of ether oxygens (including phenoxy) is 1. The molecule has 0 saturated carbocycles. The minimum absolute atomic E-state index is 0.0393. The minimum atomic E-state index is -0.561. The zero-order valence-electron chi connectivity index (χ0n) is 16.4. The predicted octanol–water partition coefficient (Wildman–Crippen LogP) is 6.00. The molecule has 7 heteroatoms. The highest BCUT2D eigenvalue weighted by Crippen LogP contribution is 2.41. The first kappa shape index (κ1) is 21.2. The van der Waals surface area contributed by atoms with E-state index in [-0.39, 0.29) is 11.7 Å². The SMILES string of the molecule is Cc1cc2c(cc1Cl)C(=O)CC1(CCN(C(=O)/C=C/c3ccc(Cl)c(Cl)c3)CC1)O2. The van der Waals surface area contributed by atoms with E-state index in [1.807, 2.05) is 13.0 Å². The number of rotatable bonds is 2. The molecule has 2 aromatic carbocycles. The lowest BCUT2D eigenvalue weighted by Gasteiger charge is -2.43. The van der Waals surface area contributed by atoms with Crippen molar-refractivity contribution in [1.82, 2.24) is 4.90 Å². The van der Waals surface area contributed by atoms with Gasteiger partial charge >= 0.3 is 0 Å². The van der Waals surface area contributed by atoms with E-state index in [1.165, 1.54) is 6.08 Å². The molecule has 1 amide bonds. The molecule has 4 rings (SSSR count). The number of Topliss-reactive ketones (excluding diaryl/α,β-unsaturated/α-hetero) is 1. The van der Waals surface area contributed by atoms with E-state index in [0.717, 1.165) is 11.1 Å². The topological polar surface area (TPSA) is 46.6 Å². The van der Waals surface area contributed by atoms with Crippen molar-refractivity contribution >= 4 is 52.6 Å². The highest BCUT2D eigenvalue weighted by Gasteiger charge is 2.43. The summed E-state index contributed by atoms with van der Waals surface area (Å²) in [6, 6.07) is 8.73. The predicted molar refractivity (Wildman–Crippen MR) is 120 cm³/mol. The monoisotopic (exact) mass is 463 g/mol. The molecule has 1 saturated heterocycles. The first-order chi connectivity index (χ1) is 14.3. The third kappa shape index (κ3) is 4.22. The number of hydrogen-bond acceptors (Lipinski definition) is 3. The molecule has 0 bridgehead atoms. The van der Waals surface area contributed by atoms with Crippen LogP contribution in [0.1, 0.15) is 40.7 Å². The zero-order chi connectivity index (χ0) is 21.5. The van der Waals surface area contributed by atoms with Gasteiger partial charge in [-0.1, -0.05) is 40.9 Å². The number of piperidine rings is 1. The van der Waals surface area contributed by atoms with E-state index in [4.69, 9.17) is 39.5 Å². The Labute approximate surface area is 190 Å². The second-order valence-corrected chi connectivity index (χ2v) is 9.04. The fraction of sp³-hybridized carbons (Fsp3) is 0.304. The number of amides is 1. The molecule has 0 atom stereocenters. The standard InChI is InChI=1S/C23H20Cl3NO3/c1-14-10-21-16(12-18(14)25)20(28)13-23(30-21)6-8-27(9-7-23)22(29)5-3-15-2-4-17(24)19(26)11-15/h2-5,10-12H,6-9,13H2,1H3/b5-3+. The molecule has 2 heterocycles. The second-order valence-electron chi connectivity index (χ2n) is 7.81. The first-order valence-corrected chi connectivity index (χ1v) is 10.8. The summed E-state index contributed by atoms with van der Waals surface area (Å²) >= 11 is 18.1. The lowest BCUT2D eigenvalue weighted by molar-refractivity contribution is -0.129. The summed E-state index contributed by atoms with van der Waals surface area (Å²) in [6.45, 7) is 2.94. The highest BCUT2D eigenvalue weighted by atomic mass is 35.5. The quantitative estimate of drug-likeness (QED) is 0.512. The fourth-order valence-electron chi connectivity index (χ4n) is 3.92. The van der Waals surface area contributed by atoms with Crippen LogP contribution in [0.25, 0.3) is 6.08 Å². The van der Waals surface area contributed by atoms with Gasteiger partial charge in [0.25, 0.3) is 0 Å². The van der Waals surface area contributed by atoms with Gasteiger partial charge in [0.15, 0.2) is 5.78 Å². The van der Waals surface area contributed by atoms with Gasteiger partial charge in [0.2, 0.25) is 5.91 Å². The van der Waals surface area contributed by atoms with Crippen LogP contribution in [0.3, 0.4) is 0 Å². The van der Waals surface area contributed by atoms with E-state index >= 15 is 0 Å². The molecular formula is C23H20Cl3NO3. The van der Waals surface area contributed by atoms with E-state index in [1.54, 1.807) is 35.2 Å². The number of benzene rings is 2. The highest BCUT2D eigenvalue weighted by molar-refractivity contribution is 6.42. The Balaban J connectivity index is 1.42. The number of fused-ring (bicyclic) bond motifs is 1. The van der Waals surface area contributed by atoms with Gasteiger partial charge in [-0.3, -0.25) is 9.59 Å². The van der Waals surface area contributed by atoms with Gasteiger partial charge in [0, 0.05) is 37.0 Å². The van der Waals surface area contributed by atoms with Gasteiger partial charge in [0.05, 0.1) is 22.0 Å². The first-order valence-electron chi connectivity index (χ1n) is 9.71. The Kier molecular flexibility index (Phi) is 5.84. The van der Waals surface area contributed by atoms with Crippen LogP contribution in [0.2, 0.25) is 15.1 Å². The Hall–Kier alpha value is -2.01. The molecule has 0 aromatic heterocycles. The number of nitrogens with zero attached hydrogens (tertiary/aromatic N) is 1. The molecule has 0 radical (unpaired) electrons. The lowest BCUT2D eigenvalue weighted by atomic mass is 9.82. The third-order valence-corrected chi connectivity index (χ3v) is 6.87. The summed E-state index contributed by atoms with van der Waals surface area (Å²) in [4.78, 5) is 27.1. The number of ketones is 1. The van der Waals surface area contributed by atoms with E-state index < -0.39 is 5.60 Å². The smallest absolute Gasteiger partial charge is 0.246 e. The van der Waals surface area contributed by atoms with Crippen LogP contribution in [-0.4, -0.2) is 35.3 Å². The Bertz CT molecular complexity index is 1060. The van der Waals surface area contributed by atoms with Crippen molar-refractivity contribution in [2.45, 2.75) is 31.8 Å². The second kappa shape index (κ2) is 8.26. The van der Waals surface area contributed by atoms with Gasteiger partial charge in [-0.2, -0.15) is 0 Å². The van der Waals surface area contributed by atoms with Gasteiger partial charge < -0.3 is 9.64 Å². The number of carbonyl (C=O) groups excluding carboxylic acids is 2. The molecule has 30 heavy (non-hydrogen) atoms. The van der Waals surface area contributed by atoms with Crippen molar-refractivity contribution in [2.75, 3.05) is 13.1 Å². The summed E-state index contributed by atoms with van der Waals surface area (Å²) in [5.74, 6) is 0.547. The molecule has 0 unspecified atom stereocenters. The normalized spacial score (nSPS) is 17.9. The van der Waals surface area contributed by atoms with E-state index in [2.05, 4.69) is 0 Å². The van der Waals surface area contributed by atoms with Crippen molar-refractivity contribution in [1.29, 1.82) is 0 Å². The van der Waals surface area contributed by atoms with Crippen LogP contribution in [0, 0.1) is 6.92 Å². The third-order valence-electron chi connectivity index (χ3n) is 5.72. The summed E-state index contributed by atoms with van der Waals surface area (Å²) in [5.41, 5.74) is 1.66. The van der Waals surface area contributed by atoms with Crippen molar-refractivity contribution in [3.63, 3.8) is 0 Å². The summed E-state index contributed by atoms with van der Waals surface area (Å²) in [5, 5.41) is 1.49. The Morgan fingerprint density at radius 2 is 1.80 bits per heavy atom. The maximum Gasteiger partial charge on any atom is 0.246 e. The largest absolute Gasteiger partial charge is 0.486 e. The summed E-state index contributed by atoms with van der Waals surface area (Å²) < 4.78 is 6.29. The van der Waals surface area contributed by atoms with Crippen molar-refractivity contribution in [3.05, 3.63) is 68.2 Å². The van der Waals surface area contributed by atoms with Crippen LogP contribution in [0.4, 0.5) is 0 Å². The lowest BCUT2D eigenvalue weighted by Crippen LogP contribution is -2.52. The van der Waals surface area contributed by atoms with Crippen LogP contribution >= 0.6 is 34.8 Å². The van der Waals surface area contributed by atoms with Crippen LogP contribution in [0.5, 0.6) is 5.75 Å². The number of hydrogen-bond donors (Lipinski definition) is 0. The molecule has 156 valence electrons. The molecule has 1 spiro atoms. The molecule has 1 fully saturated rings. The van der Waals surface area contributed by atoms with Crippen molar-refractivity contribution < 1.29 is 14.3 Å². The van der Waals surface area contributed by atoms with Gasteiger partial charge in [-0.15, -0.1) is 0 Å². The molecule has 0 aliphatic carbocycles. The number of halogens is 3. The molecule has 2 aliphatic rings. The molecule has 2 aliphatic heterocycles. The maximum atomic E-state index is 12.7. The number of likely N-dealkylation sites (tertiary alicyclic amines) is 1. The Morgan fingerprint density at radius 3 is 2.50 bits per heavy atom. The number of aryl methyl sites for hydroxylation is 1. The summed E-state index contributed by atoms with van der Waals surface area (Å²) in [7, 11) is 0. The average Bonchev–Trinajstić information content (AvgIpc) is 2.71. The Morgan fingerprint density at radius 1 is 1.07 bits per heavy atom. The van der Waals surface area contributed by atoms with Crippen LogP contribution < -0.4 is 4.74 Å².